The molecule has 0 aliphatic rings. The molecule has 16 heavy (non-hydrogen) atoms. The monoisotopic (exact) mass is 261 g/mol. The lowest BCUT2D eigenvalue weighted by Crippen LogP contribution is -2.07. The summed E-state index contributed by atoms with van der Waals surface area (Å²) in [5.41, 5.74) is 0.342. The fraction of sp³-hybridized carbons (Fsp3) is 0.200. The van der Waals surface area contributed by atoms with Gasteiger partial charge in [-0.1, -0.05) is 23.2 Å². The minimum Gasteiger partial charge on any atom is -0.425 e. The van der Waals surface area contributed by atoms with Crippen LogP contribution in [-0.2, 0) is 9.59 Å². The molecule has 0 radical (unpaired) electrons. The van der Waals surface area contributed by atoms with Gasteiger partial charge in [0.25, 0.3) is 0 Å². The van der Waals surface area contributed by atoms with E-state index in [4.69, 9.17) is 27.9 Å². The molecular weight excluding hydrogens is 253 g/mol. The van der Waals surface area contributed by atoms with Crippen molar-refractivity contribution in [2.75, 3.05) is 5.32 Å². The quantitative estimate of drug-likeness (QED) is 0.658. The number of anilines is 1. The first-order valence-corrected chi connectivity index (χ1v) is 5.11. The Kier molecular flexibility index (Phi) is 4.15. The van der Waals surface area contributed by atoms with Gasteiger partial charge >= 0.3 is 5.97 Å². The van der Waals surface area contributed by atoms with Gasteiger partial charge < -0.3 is 10.1 Å². The summed E-state index contributed by atoms with van der Waals surface area (Å²) in [7, 11) is 0. The predicted molar refractivity (Wildman–Crippen MR) is 62.1 cm³/mol. The zero-order valence-electron chi connectivity index (χ0n) is 8.64. The first-order valence-electron chi connectivity index (χ1n) is 4.35. The molecule has 1 rings (SSSR count). The summed E-state index contributed by atoms with van der Waals surface area (Å²) < 4.78 is 4.84. The minimum atomic E-state index is -0.502. The molecule has 1 aromatic carbocycles. The number of halogens is 2. The predicted octanol–water partition coefficient (Wildman–Crippen LogP) is 2.88. The Morgan fingerprint density at radius 2 is 1.81 bits per heavy atom. The Bertz CT molecular complexity index is 409. The number of hydrogen-bond donors (Lipinski definition) is 1. The van der Waals surface area contributed by atoms with E-state index in [1.807, 2.05) is 0 Å². The number of esters is 1. The number of benzene rings is 1. The molecule has 0 saturated heterocycles. The molecular formula is C10H9Cl2NO3. The number of ether oxygens (including phenoxy) is 1. The van der Waals surface area contributed by atoms with E-state index in [9.17, 15) is 9.59 Å². The largest absolute Gasteiger partial charge is 0.425 e. The number of nitrogens with one attached hydrogen (secondary N) is 1. The van der Waals surface area contributed by atoms with E-state index in [2.05, 4.69) is 5.32 Å². The maximum atomic E-state index is 10.9. The maximum Gasteiger partial charge on any atom is 0.308 e. The SMILES string of the molecule is CC(=O)Nc1cc(OC(C)=O)c(Cl)cc1Cl. The Morgan fingerprint density at radius 1 is 1.19 bits per heavy atom. The second-order valence-corrected chi connectivity index (χ2v) is 3.85. The van der Waals surface area contributed by atoms with Crippen molar-refractivity contribution in [1.29, 1.82) is 0 Å². The Hall–Kier alpha value is -1.26. The third kappa shape index (κ3) is 3.40. The van der Waals surface area contributed by atoms with Gasteiger partial charge in [-0.15, -0.1) is 0 Å². The summed E-state index contributed by atoms with van der Waals surface area (Å²) in [6, 6.07) is 2.79. The van der Waals surface area contributed by atoms with Gasteiger partial charge in [-0.3, -0.25) is 9.59 Å². The zero-order chi connectivity index (χ0) is 12.3. The van der Waals surface area contributed by atoms with Crippen LogP contribution in [0.4, 0.5) is 5.69 Å². The topological polar surface area (TPSA) is 55.4 Å². The van der Waals surface area contributed by atoms with Gasteiger partial charge in [0.05, 0.1) is 15.7 Å². The third-order valence-corrected chi connectivity index (χ3v) is 2.19. The highest BCUT2D eigenvalue weighted by molar-refractivity contribution is 6.37. The standard InChI is InChI=1S/C10H9Cl2NO3/c1-5(14)13-9-4-10(16-6(2)15)8(12)3-7(9)11/h3-4H,1-2H3,(H,13,14). The second-order valence-electron chi connectivity index (χ2n) is 3.04. The molecule has 0 atom stereocenters. The fourth-order valence-electron chi connectivity index (χ4n) is 1.05. The van der Waals surface area contributed by atoms with Crippen molar-refractivity contribution >= 4 is 40.8 Å². The van der Waals surface area contributed by atoms with Gasteiger partial charge in [0.15, 0.2) is 5.75 Å². The summed E-state index contributed by atoms with van der Waals surface area (Å²) in [6.45, 7) is 2.60. The van der Waals surface area contributed by atoms with Crippen molar-refractivity contribution in [3.63, 3.8) is 0 Å². The Labute approximate surface area is 102 Å². The summed E-state index contributed by atoms with van der Waals surface area (Å²) in [5, 5.41) is 2.97. The number of carbonyl (C=O) groups is 2. The Balaban J connectivity index is 3.10. The average molecular weight is 262 g/mol. The molecule has 6 heteroatoms. The molecule has 0 aromatic heterocycles. The molecule has 0 spiro atoms. The molecule has 86 valence electrons. The molecule has 0 aliphatic carbocycles. The highest BCUT2D eigenvalue weighted by Gasteiger charge is 2.10. The number of carbonyl (C=O) groups excluding carboxylic acids is 2. The number of amides is 1. The van der Waals surface area contributed by atoms with E-state index in [0.29, 0.717) is 5.69 Å². The van der Waals surface area contributed by atoms with Crippen LogP contribution in [0.25, 0.3) is 0 Å². The van der Waals surface area contributed by atoms with E-state index in [0.717, 1.165) is 0 Å². The lowest BCUT2D eigenvalue weighted by Gasteiger charge is -2.09. The van der Waals surface area contributed by atoms with Crippen LogP contribution < -0.4 is 10.1 Å². The van der Waals surface area contributed by atoms with E-state index in [1.54, 1.807) is 0 Å². The molecule has 1 N–H and O–H groups in total. The molecule has 0 aliphatic heterocycles. The number of hydrogen-bond acceptors (Lipinski definition) is 3. The highest BCUT2D eigenvalue weighted by Crippen LogP contribution is 2.34. The van der Waals surface area contributed by atoms with Crippen molar-refractivity contribution in [3.8, 4) is 5.75 Å². The first kappa shape index (κ1) is 12.8. The van der Waals surface area contributed by atoms with Gasteiger partial charge in [0.1, 0.15) is 0 Å². The normalized spacial score (nSPS) is 9.75. The zero-order valence-corrected chi connectivity index (χ0v) is 10.1. The molecule has 0 bridgehead atoms. The lowest BCUT2D eigenvalue weighted by molar-refractivity contribution is -0.131. The van der Waals surface area contributed by atoms with Gasteiger partial charge in [-0.25, -0.2) is 0 Å². The van der Waals surface area contributed by atoms with Gasteiger partial charge in [-0.2, -0.15) is 0 Å². The van der Waals surface area contributed by atoms with E-state index in [1.165, 1.54) is 26.0 Å². The highest BCUT2D eigenvalue weighted by atomic mass is 35.5. The number of rotatable bonds is 2. The molecule has 0 saturated carbocycles. The van der Waals surface area contributed by atoms with Crippen LogP contribution in [-0.4, -0.2) is 11.9 Å². The third-order valence-electron chi connectivity index (χ3n) is 1.59. The van der Waals surface area contributed by atoms with Crippen LogP contribution in [0.15, 0.2) is 12.1 Å². The summed E-state index contributed by atoms with van der Waals surface area (Å²) in [4.78, 5) is 21.7. The maximum absolute atomic E-state index is 10.9. The molecule has 1 aromatic rings. The molecule has 4 nitrogen and oxygen atoms in total. The lowest BCUT2D eigenvalue weighted by atomic mass is 10.3. The molecule has 0 heterocycles. The molecule has 0 fully saturated rings. The second kappa shape index (κ2) is 5.18. The summed E-state index contributed by atoms with van der Waals surface area (Å²) in [6.07, 6.45) is 0. The van der Waals surface area contributed by atoms with Crippen molar-refractivity contribution in [3.05, 3.63) is 22.2 Å². The van der Waals surface area contributed by atoms with Crippen molar-refractivity contribution in [2.45, 2.75) is 13.8 Å². The van der Waals surface area contributed by atoms with Crippen molar-refractivity contribution in [1.82, 2.24) is 0 Å². The van der Waals surface area contributed by atoms with Crippen LogP contribution in [0.5, 0.6) is 5.75 Å². The van der Waals surface area contributed by atoms with Gasteiger partial charge in [0, 0.05) is 19.9 Å². The fourth-order valence-corrected chi connectivity index (χ4v) is 1.52. The Morgan fingerprint density at radius 3 is 2.31 bits per heavy atom. The van der Waals surface area contributed by atoms with Crippen molar-refractivity contribution < 1.29 is 14.3 Å². The van der Waals surface area contributed by atoms with Crippen LogP contribution in [0.3, 0.4) is 0 Å². The van der Waals surface area contributed by atoms with Gasteiger partial charge in [-0.05, 0) is 6.07 Å². The molecule has 0 unspecified atom stereocenters. The van der Waals surface area contributed by atoms with E-state index >= 15 is 0 Å². The van der Waals surface area contributed by atoms with E-state index in [-0.39, 0.29) is 21.7 Å². The smallest absolute Gasteiger partial charge is 0.308 e. The van der Waals surface area contributed by atoms with Crippen LogP contribution in [0, 0.1) is 0 Å². The summed E-state index contributed by atoms with van der Waals surface area (Å²) in [5.74, 6) is -0.627. The van der Waals surface area contributed by atoms with Crippen molar-refractivity contribution in [2.24, 2.45) is 0 Å². The van der Waals surface area contributed by atoms with Gasteiger partial charge in [0.2, 0.25) is 5.91 Å². The van der Waals surface area contributed by atoms with Crippen LogP contribution in [0.2, 0.25) is 10.0 Å². The minimum absolute atomic E-state index is 0.155. The van der Waals surface area contributed by atoms with Crippen LogP contribution >= 0.6 is 23.2 Å². The van der Waals surface area contributed by atoms with Crippen LogP contribution in [0.1, 0.15) is 13.8 Å². The summed E-state index contributed by atoms with van der Waals surface area (Å²) >= 11 is 11.7. The first-order chi connectivity index (χ1) is 7.40. The average Bonchev–Trinajstić information content (AvgIpc) is 2.11. The van der Waals surface area contributed by atoms with E-state index < -0.39 is 5.97 Å². The molecule has 1 amide bonds.